The van der Waals surface area contributed by atoms with E-state index in [1.165, 1.54) is 15.6 Å². The number of hydrogen-bond acceptors (Lipinski definition) is 5. The average molecular weight is 583 g/mol. The molecule has 0 aliphatic heterocycles. The van der Waals surface area contributed by atoms with Gasteiger partial charge in [-0.2, -0.15) is 0 Å². The Morgan fingerprint density at radius 3 is 2.30 bits per heavy atom. The Morgan fingerprint density at radius 1 is 0.900 bits per heavy atom. The number of thiocarbonyl (C=S) groups is 1. The number of H-pyrrole nitrogens is 1. The predicted molar refractivity (Wildman–Crippen MR) is 171 cm³/mol. The van der Waals surface area contributed by atoms with E-state index in [-0.39, 0.29) is 0 Å². The van der Waals surface area contributed by atoms with E-state index in [4.69, 9.17) is 17.2 Å². The lowest BCUT2D eigenvalue weighted by atomic mass is 9.92. The number of benzene rings is 3. The van der Waals surface area contributed by atoms with Crippen LogP contribution in [0, 0.1) is 0 Å². The van der Waals surface area contributed by atoms with Gasteiger partial charge in [-0.1, -0.05) is 60.7 Å². The van der Waals surface area contributed by atoms with E-state index in [9.17, 15) is 8.42 Å². The van der Waals surface area contributed by atoms with Crippen molar-refractivity contribution in [2.24, 2.45) is 0 Å². The number of pyridine rings is 1. The molecule has 6 rings (SSSR count). The van der Waals surface area contributed by atoms with Gasteiger partial charge in [0.05, 0.1) is 10.7 Å². The van der Waals surface area contributed by atoms with Crippen LogP contribution in [0.2, 0.25) is 0 Å². The molecule has 0 fully saturated rings. The molecule has 3 aromatic heterocycles. The summed E-state index contributed by atoms with van der Waals surface area (Å²) < 4.78 is 28.2. The van der Waals surface area contributed by atoms with Crippen LogP contribution in [0.1, 0.15) is 6.92 Å². The van der Waals surface area contributed by atoms with Crippen LogP contribution in [-0.4, -0.2) is 37.5 Å². The SMILES string of the molecule is CC(=S)N(C)c1ccc(-c2cnc3[nH]c4ccc(N(C)S(=O)(=O)c5cccs5)cc4c3c2-c2ccccc2)cc1. The Labute approximate surface area is 242 Å². The standard InChI is InChI=1S/C31H26N4O2S3/c1-20(38)34(2)23-13-11-21(12-14-23)26-19-32-31-30(29(26)22-8-5-4-6-9-22)25-18-24(15-16-27(25)33-31)35(3)40(36,37)28-10-7-17-39-28/h4-19H,1-3H3,(H,32,33). The Morgan fingerprint density at radius 2 is 1.62 bits per heavy atom. The molecule has 0 amide bonds. The lowest BCUT2D eigenvalue weighted by molar-refractivity contribution is 0.596. The molecule has 6 nitrogen and oxygen atoms in total. The summed E-state index contributed by atoms with van der Waals surface area (Å²) in [5, 5.41) is 3.62. The quantitative estimate of drug-likeness (QED) is 0.204. The first-order chi connectivity index (χ1) is 19.3. The molecule has 40 heavy (non-hydrogen) atoms. The van der Waals surface area contributed by atoms with E-state index in [1.807, 2.05) is 61.5 Å². The van der Waals surface area contributed by atoms with Crippen LogP contribution in [-0.2, 0) is 10.0 Å². The van der Waals surface area contributed by atoms with Gasteiger partial charge in [0, 0.05) is 53.4 Å². The third kappa shape index (κ3) is 4.46. The van der Waals surface area contributed by atoms with Gasteiger partial charge in [0.1, 0.15) is 9.86 Å². The van der Waals surface area contributed by atoms with Crippen molar-refractivity contribution in [1.82, 2.24) is 9.97 Å². The van der Waals surface area contributed by atoms with Gasteiger partial charge in [-0.3, -0.25) is 4.31 Å². The summed E-state index contributed by atoms with van der Waals surface area (Å²) in [6, 6.07) is 27.5. The number of aromatic amines is 1. The van der Waals surface area contributed by atoms with Crippen LogP contribution in [0.4, 0.5) is 11.4 Å². The van der Waals surface area contributed by atoms with Crippen molar-refractivity contribution in [3.8, 4) is 22.3 Å². The number of fused-ring (bicyclic) bond motifs is 3. The molecule has 0 aliphatic carbocycles. The fourth-order valence-electron chi connectivity index (χ4n) is 4.89. The van der Waals surface area contributed by atoms with E-state index in [2.05, 4.69) is 41.4 Å². The van der Waals surface area contributed by atoms with Gasteiger partial charge in [0.25, 0.3) is 10.0 Å². The first-order valence-electron chi connectivity index (χ1n) is 12.6. The number of rotatable bonds is 6. The second-order valence-electron chi connectivity index (χ2n) is 9.52. The number of nitrogens with one attached hydrogen (secondary N) is 1. The highest BCUT2D eigenvalue weighted by Crippen LogP contribution is 2.42. The second kappa shape index (κ2) is 10.2. The first-order valence-corrected chi connectivity index (χ1v) is 15.4. The Bertz CT molecular complexity index is 1970. The summed E-state index contributed by atoms with van der Waals surface area (Å²) in [6.07, 6.45) is 1.90. The molecular weight excluding hydrogens is 557 g/mol. The maximum atomic E-state index is 13.3. The Balaban J connectivity index is 1.57. The summed E-state index contributed by atoms with van der Waals surface area (Å²) in [5.74, 6) is 0. The zero-order valence-electron chi connectivity index (χ0n) is 22.1. The van der Waals surface area contributed by atoms with Crippen LogP contribution in [0.25, 0.3) is 44.2 Å². The summed E-state index contributed by atoms with van der Waals surface area (Å²) in [7, 11) is -0.123. The molecule has 0 saturated carbocycles. The van der Waals surface area contributed by atoms with E-state index in [0.717, 1.165) is 54.9 Å². The van der Waals surface area contributed by atoms with Crippen LogP contribution in [0.15, 0.2) is 101 Å². The van der Waals surface area contributed by atoms with E-state index >= 15 is 0 Å². The fourth-order valence-corrected chi connectivity index (χ4v) is 7.35. The molecule has 0 unspecified atom stereocenters. The van der Waals surface area contributed by atoms with Crippen LogP contribution < -0.4 is 9.21 Å². The van der Waals surface area contributed by atoms with Gasteiger partial charge in [-0.05, 0) is 59.8 Å². The van der Waals surface area contributed by atoms with Crippen molar-refractivity contribution >= 4 is 71.9 Å². The van der Waals surface area contributed by atoms with Gasteiger partial charge in [0.2, 0.25) is 0 Å². The molecule has 9 heteroatoms. The number of nitrogens with zero attached hydrogens (tertiary/aromatic N) is 3. The van der Waals surface area contributed by atoms with Crippen LogP contribution in [0.3, 0.4) is 0 Å². The normalized spacial score (nSPS) is 11.7. The van der Waals surface area contributed by atoms with Gasteiger partial charge in [0.15, 0.2) is 0 Å². The molecule has 0 saturated heterocycles. The molecule has 3 aromatic carbocycles. The molecule has 0 radical (unpaired) electrons. The fraction of sp³-hybridized carbons (Fsp3) is 0.0968. The topological polar surface area (TPSA) is 69.3 Å². The van der Waals surface area contributed by atoms with Crippen molar-refractivity contribution in [2.45, 2.75) is 11.1 Å². The summed E-state index contributed by atoms with van der Waals surface area (Å²) in [5.41, 5.74) is 7.30. The lowest BCUT2D eigenvalue weighted by Crippen LogP contribution is -2.25. The van der Waals surface area contributed by atoms with Crippen molar-refractivity contribution in [3.05, 3.63) is 96.5 Å². The van der Waals surface area contributed by atoms with E-state index in [0.29, 0.717) is 9.90 Å². The number of sulfonamides is 1. The van der Waals surface area contributed by atoms with Crippen LogP contribution in [0.5, 0.6) is 0 Å². The van der Waals surface area contributed by atoms with Crippen LogP contribution >= 0.6 is 23.6 Å². The molecule has 1 N–H and O–H groups in total. The Hall–Kier alpha value is -4.05. The van der Waals surface area contributed by atoms with Crippen molar-refractivity contribution in [1.29, 1.82) is 0 Å². The molecule has 0 bridgehead atoms. The molecule has 0 atom stereocenters. The number of anilines is 2. The van der Waals surface area contributed by atoms with E-state index < -0.39 is 10.0 Å². The minimum absolute atomic E-state index is 0.306. The molecular formula is C31H26N4O2S3. The minimum Gasteiger partial charge on any atom is -0.339 e. The number of thiophene rings is 1. The van der Waals surface area contributed by atoms with Crippen molar-refractivity contribution < 1.29 is 8.42 Å². The van der Waals surface area contributed by atoms with E-state index in [1.54, 1.807) is 24.6 Å². The minimum atomic E-state index is -3.67. The number of aromatic nitrogens is 2. The third-order valence-electron chi connectivity index (χ3n) is 7.18. The maximum Gasteiger partial charge on any atom is 0.273 e. The largest absolute Gasteiger partial charge is 0.339 e. The number of hydrogen-bond donors (Lipinski definition) is 1. The highest BCUT2D eigenvalue weighted by molar-refractivity contribution is 7.94. The van der Waals surface area contributed by atoms with Gasteiger partial charge in [-0.15, -0.1) is 11.3 Å². The second-order valence-corrected chi connectivity index (χ2v) is 13.3. The molecule has 200 valence electrons. The molecule has 0 aliphatic rings. The zero-order valence-corrected chi connectivity index (χ0v) is 24.6. The molecule has 3 heterocycles. The van der Waals surface area contributed by atoms with Crippen molar-refractivity contribution in [2.75, 3.05) is 23.3 Å². The monoisotopic (exact) mass is 582 g/mol. The third-order valence-corrected chi connectivity index (χ3v) is 10.6. The van der Waals surface area contributed by atoms with Crippen molar-refractivity contribution in [3.63, 3.8) is 0 Å². The lowest BCUT2D eigenvalue weighted by Gasteiger charge is -2.19. The van der Waals surface area contributed by atoms with Gasteiger partial charge < -0.3 is 9.88 Å². The zero-order chi connectivity index (χ0) is 28.0. The summed E-state index contributed by atoms with van der Waals surface area (Å²) in [4.78, 5) is 11.0. The average Bonchev–Trinajstić information content (AvgIpc) is 3.65. The smallest absolute Gasteiger partial charge is 0.273 e. The van der Waals surface area contributed by atoms with Gasteiger partial charge in [-0.25, -0.2) is 13.4 Å². The Kier molecular flexibility index (Phi) is 6.66. The van der Waals surface area contributed by atoms with Gasteiger partial charge >= 0.3 is 0 Å². The summed E-state index contributed by atoms with van der Waals surface area (Å²) in [6.45, 7) is 1.91. The maximum absolute atomic E-state index is 13.3. The highest BCUT2D eigenvalue weighted by atomic mass is 32.2. The molecule has 6 aromatic rings. The highest BCUT2D eigenvalue weighted by Gasteiger charge is 2.24. The molecule has 0 spiro atoms. The summed E-state index contributed by atoms with van der Waals surface area (Å²) >= 11 is 6.55. The predicted octanol–water partition coefficient (Wildman–Crippen LogP) is 7.72. The first kappa shape index (κ1) is 26.2.